The van der Waals surface area contributed by atoms with Crippen molar-refractivity contribution in [3.63, 3.8) is 0 Å². The lowest BCUT2D eigenvalue weighted by molar-refractivity contribution is 0.415. The van der Waals surface area contributed by atoms with Crippen LogP contribution in [-0.4, -0.2) is 13.7 Å². The van der Waals surface area contributed by atoms with Crippen molar-refractivity contribution in [2.24, 2.45) is 0 Å². The normalized spacial score (nSPS) is 13.8. The standard InChI is InChI=1S/C9H12N2O/c1-12-6-4-8(10)7-2-3-11-9(7)5-6/h4-5,11H,2-3,10H2,1H3. The molecule has 2 rings (SSSR count). The van der Waals surface area contributed by atoms with Crippen LogP contribution < -0.4 is 15.8 Å². The summed E-state index contributed by atoms with van der Waals surface area (Å²) in [6.07, 6.45) is 1.02. The Morgan fingerprint density at radius 2 is 2.33 bits per heavy atom. The molecular formula is C9H12N2O. The summed E-state index contributed by atoms with van der Waals surface area (Å²) < 4.78 is 5.10. The molecule has 0 atom stereocenters. The minimum Gasteiger partial charge on any atom is -0.497 e. The lowest BCUT2D eigenvalue weighted by Gasteiger charge is -2.06. The molecule has 64 valence electrons. The van der Waals surface area contributed by atoms with Crippen LogP contribution in [0.25, 0.3) is 0 Å². The van der Waals surface area contributed by atoms with E-state index in [0.717, 1.165) is 30.1 Å². The number of benzene rings is 1. The SMILES string of the molecule is COc1cc(N)c2c(c1)NCC2. The van der Waals surface area contributed by atoms with E-state index in [1.54, 1.807) is 7.11 Å². The Hall–Kier alpha value is -1.38. The summed E-state index contributed by atoms with van der Waals surface area (Å²) in [5.41, 5.74) is 8.99. The summed E-state index contributed by atoms with van der Waals surface area (Å²) >= 11 is 0. The minimum absolute atomic E-state index is 0.820. The average Bonchev–Trinajstić information content (AvgIpc) is 2.52. The lowest BCUT2D eigenvalue weighted by Crippen LogP contribution is -1.93. The number of hydrogen-bond donors (Lipinski definition) is 2. The molecule has 0 bridgehead atoms. The highest BCUT2D eigenvalue weighted by molar-refractivity contribution is 5.69. The summed E-state index contributed by atoms with van der Waals surface area (Å²) in [5, 5.41) is 3.26. The zero-order chi connectivity index (χ0) is 8.55. The largest absolute Gasteiger partial charge is 0.497 e. The number of rotatable bonds is 1. The van der Waals surface area contributed by atoms with Crippen LogP contribution in [-0.2, 0) is 6.42 Å². The molecule has 0 saturated heterocycles. The Morgan fingerprint density at radius 1 is 1.50 bits per heavy atom. The van der Waals surface area contributed by atoms with E-state index >= 15 is 0 Å². The summed E-state index contributed by atoms with van der Waals surface area (Å²) in [6, 6.07) is 3.85. The van der Waals surface area contributed by atoms with Gasteiger partial charge in [0.05, 0.1) is 7.11 Å². The fraction of sp³-hybridized carbons (Fsp3) is 0.333. The molecule has 1 aliphatic heterocycles. The van der Waals surface area contributed by atoms with Crippen molar-refractivity contribution in [1.82, 2.24) is 0 Å². The van der Waals surface area contributed by atoms with Crippen molar-refractivity contribution in [2.45, 2.75) is 6.42 Å². The van der Waals surface area contributed by atoms with Crippen LogP contribution in [0.4, 0.5) is 11.4 Å². The molecule has 0 saturated carbocycles. The van der Waals surface area contributed by atoms with Crippen LogP contribution in [0.5, 0.6) is 5.75 Å². The van der Waals surface area contributed by atoms with Crippen molar-refractivity contribution in [3.8, 4) is 5.75 Å². The first-order chi connectivity index (χ1) is 5.81. The van der Waals surface area contributed by atoms with E-state index in [4.69, 9.17) is 10.5 Å². The molecular weight excluding hydrogens is 152 g/mol. The molecule has 0 amide bonds. The zero-order valence-electron chi connectivity index (χ0n) is 7.05. The molecule has 1 aromatic rings. The molecule has 0 spiro atoms. The molecule has 0 unspecified atom stereocenters. The van der Waals surface area contributed by atoms with Crippen molar-refractivity contribution in [1.29, 1.82) is 0 Å². The van der Waals surface area contributed by atoms with Gasteiger partial charge in [0, 0.05) is 35.6 Å². The van der Waals surface area contributed by atoms with Crippen LogP contribution in [0.1, 0.15) is 5.56 Å². The Balaban J connectivity index is 2.51. The predicted octanol–water partition coefficient (Wildman–Crippen LogP) is 1.25. The van der Waals surface area contributed by atoms with E-state index in [9.17, 15) is 0 Å². The number of nitrogens with two attached hydrogens (primary N) is 1. The maximum atomic E-state index is 5.83. The number of fused-ring (bicyclic) bond motifs is 1. The summed E-state index contributed by atoms with van der Waals surface area (Å²) in [7, 11) is 1.65. The number of ether oxygens (including phenoxy) is 1. The second-order valence-electron chi connectivity index (χ2n) is 2.92. The highest BCUT2D eigenvalue weighted by Gasteiger charge is 2.13. The van der Waals surface area contributed by atoms with Gasteiger partial charge in [0.25, 0.3) is 0 Å². The number of methoxy groups -OCH3 is 1. The van der Waals surface area contributed by atoms with Crippen LogP contribution in [0.2, 0.25) is 0 Å². The third-order valence-electron chi connectivity index (χ3n) is 2.18. The van der Waals surface area contributed by atoms with E-state index in [0.29, 0.717) is 0 Å². The van der Waals surface area contributed by atoms with Gasteiger partial charge >= 0.3 is 0 Å². The van der Waals surface area contributed by atoms with Crippen molar-refractivity contribution in [3.05, 3.63) is 17.7 Å². The molecule has 0 fully saturated rings. The number of hydrogen-bond acceptors (Lipinski definition) is 3. The molecule has 1 aromatic carbocycles. The molecule has 12 heavy (non-hydrogen) atoms. The van der Waals surface area contributed by atoms with Gasteiger partial charge in [-0.1, -0.05) is 0 Å². The summed E-state index contributed by atoms with van der Waals surface area (Å²) in [5.74, 6) is 0.820. The second-order valence-corrected chi connectivity index (χ2v) is 2.92. The van der Waals surface area contributed by atoms with Crippen LogP contribution in [0.15, 0.2) is 12.1 Å². The van der Waals surface area contributed by atoms with Gasteiger partial charge < -0.3 is 15.8 Å². The highest BCUT2D eigenvalue weighted by atomic mass is 16.5. The molecule has 1 aliphatic rings. The number of nitrogen functional groups attached to an aromatic ring is 1. The Labute approximate surface area is 71.5 Å². The Bertz CT molecular complexity index is 310. The third-order valence-corrected chi connectivity index (χ3v) is 2.18. The molecule has 3 nitrogen and oxygen atoms in total. The van der Waals surface area contributed by atoms with E-state index < -0.39 is 0 Å². The van der Waals surface area contributed by atoms with Crippen LogP contribution >= 0.6 is 0 Å². The van der Waals surface area contributed by atoms with Crippen molar-refractivity contribution >= 4 is 11.4 Å². The van der Waals surface area contributed by atoms with Gasteiger partial charge in [-0.3, -0.25) is 0 Å². The smallest absolute Gasteiger partial charge is 0.122 e. The second kappa shape index (κ2) is 2.59. The molecule has 0 aromatic heterocycles. The first-order valence-corrected chi connectivity index (χ1v) is 4.01. The van der Waals surface area contributed by atoms with Gasteiger partial charge in [-0.2, -0.15) is 0 Å². The molecule has 3 N–H and O–H groups in total. The van der Waals surface area contributed by atoms with Gasteiger partial charge in [0.15, 0.2) is 0 Å². The van der Waals surface area contributed by atoms with Crippen molar-refractivity contribution < 1.29 is 4.74 Å². The number of nitrogens with one attached hydrogen (secondary N) is 1. The molecule has 0 radical (unpaired) electrons. The third kappa shape index (κ3) is 0.978. The quantitative estimate of drug-likeness (QED) is 0.614. The molecule has 0 aliphatic carbocycles. The monoisotopic (exact) mass is 164 g/mol. The van der Waals surface area contributed by atoms with Gasteiger partial charge in [-0.25, -0.2) is 0 Å². The van der Waals surface area contributed by atoms with Crippen LogP contribution in [0, 0.1) is 0 Å². The highest BCUT2D eigenvalue weighted by Crippen LogP contribution is 2.32. The van der Waals surface area contributed by atoms with E-state index in [-0.39, 0.29) is 0 Å². The first kappa shape index (κ1) is 7.28. The fourth-order valence-corrected chi connectivity index (χ4v) is 1.54. The summed E-state index contributed by atoms with van der Waals surface area (Å²) in [4.78, 5) is 0. The van der Waals surface area contributed by atoms with Gasteiger partial charge in [0.1, 0.15) is 5.75 Å². The van der Waals surface area contributed by atoms with Gasteiger partial charge in [-0.05, 0) is 6.42 Å². The van der Waals surface area contributed by atoms with E-state index in [1.165, 1.54) is 5.56 Å². The van der Waals surface area contributed by atoms with E-state index in [1.807, 2.05) is 12.1 Å². The Morgan fingerprint density at radius 3 is 3.08 bits per heavy atom. The maximum Gasteiger partial charge on any atom is 0.122 e. The average molecular weight is 164 g/mol. The van der Waals surface area contributed by atoms with Gasteiger partial charge in [0.2, 0.25) is 0 Å². The van der Waals surface area contributed by atoms with Crippen LogP contribution in [0.3, 0.4) is 0 Å². The van der Waals surface area contributed by atoms with E-state index in [2.05, 4.69) is 5.32 Å². The molecule has 1 heterocycles. The zero-order valence-corrected chi connectivity index (χ0v) is 7.05. The number of anilines is 2. The van der Waals surface area contributed by atoms with Crippen molar-refractivity contribution in [2.75, 3.05) is 24.7 Å². The first-order valence-electron chi connectivity index (χ1n) is 4.01. The summed E-state index contributed by atoms with van der Waals surface area (Å²) in [6.45, 7) is 0.979. The maximum absolute atomic E-state index is 5.83. The topological polar surface area (TPSA) is 47.3 Å². The molecule has 3 heteroatoms. The minimum atomic E-state index is 0.820. The lowest BCUT2D eigenvalue weighted by atomic mass is 10.1. The Kier molecular flexibility index (Phi) is 1.57. The fourth-order valence-electron chi connectivity index (χ4n) is 1.54. The predicted molar refractivity (Wildman–Crippen MR) is 49.6 cm³/mol. The van der Waals surface area contributed by atoms with Gasteiger partial charge in [-0.15, -0.1) is 0 Å².